The summed E-state index contributed by atoms with van der Waals surface area (Å²) >= 11 is 9.15. The van der Waals surface area contributed by atoms with Gasteiger partial charge in [-0.1, -0.05) is 11.6 Å². The van der Waals surface area contributed by atoms with Crippen LogP contribution in [-0.2, 0) is 0 Å². The van der Waals surface area contributed by atoms with E-state index in [4.69, 9.17) is 11.6 Å². The highest BCUT2D eigenvalue weighted by molar-refractivity contribution is 9.10. The third kappa shape index (κ3) is 2.92. The molecule has 0 saturated carbocycles. The van der Waals surface area contributed by atoms with Crippen molar-refractivity contribution in [2.75, 3.05) is 5.32 Å². The van der Waals surface area contributed by atoms with Crippen LogP contribution in [0.1, 0.15) is 0 Å². The van der Waals surface area contributed by atoms with Gasteiger partial charge >= 0.3 is 0 Å². The highest BCUT2D eigenvalue weighted by Crippen LogP contribution is 2.26. The number of anilines is 2. The molecule has 88 valence electrons. The quantitative estimate of drug-likeness (QED) is 0.880. The van der Waals surface area contributed by atoms with Crippen LogP contribution >= 0.6 is 27.5 Å². The van der Waals surface area contributed by atoms with Gasteiger partial charge in [0.2, 0.25) is 0 Å². The molecule has 0 unspecified atom stereocenters. The fourth-order valence-corrected chi connectivity index (χ4v) is 1.89. The number of pyridine rings is 1. The minimum Gasteiger partial charge on any atom is -0.339 e. The Labute approximate surface area is 110 Å². The van der Waals surface area contributed by atoms with Crippen LogP contribution in [0.25, 0.3) is 0 Å². The van der Waals surface area contributed by atoms with E-state index in [0.717, 1.165) is 16.6 Å². The summed E-state index contributed by atoms with van der Waals surface area (Å²) in [5.74, 6) is -1.45. The van der Waals surface area contributed by atoms with E-state index in [2.05, 4.69) is 26.2 Å². The summed E-state index contributed by atoms with van der Waals surface area (Å²) in [6.45, 7) is 0. The molecule has 1 aromatic carbocycles. The number of benzene rings is 1. The molecule has 2 rings (SSSR count). The van der Waals surface area contributed by atoms with Crippen LogP contribution in [0.15, 0.2) is 34.9 Å². The maximum Gasteiger partial charge on any atom is 0.160 e. The highest BCUT2D eigenvalue weighted by atomic mass is 79.9. The Bertz CT molecular complexity index is 563. The maximum absolute atomic E-state index is 13.0. The van der Waals surface area contributed by atoms with E-state index in [1.807, 2.05) is 0 Å². The standard InChI is InChI=1S/C11H6BrClF2N2/c12-6-3-8(13)11(16-5-6)17-7-1-2-9(14)10(15)4-7/h1-5H,(H,16,17). The van der Waals surface area contributed by atoms with Crippen molar-refractivity contribution in [3.8, 4) is 0 Å². The summed E-state index contributed by atoms with van der Waals surface area (Å²) in [5.41, 5.74) is 0.376. The molecule has 2 aromatic rings. The van der Waals surface area contributed by atoms with Crippen LogP contribution < -0.4 is 5.32 Å². The molecule has 0 amide bonds. The summed E-state index contributed by atoms with van der Waals surface area (Å²) in [6, 6.07) is 5.12. The zero-order chi connectivity index (χ0) is 12.4. The van der Waals surface area contributed by atoms with Crippen molar-refractivity contribution >= 4 is 39.0 Å². The Balaban J connectivity index is 2.28. The van der Waals surface area contributed by atoms with Gasteiger partial charge in [-0.15, -0.1) is 0 Å². The second-order valence-corrected chi connectivity index (χ2v) is 4.56. The largest absolute Gasteiger partial charge is 0.339 e. The van der Waals surface area contributed by atoms with Crippen LogP contribution in [0, 0.1) is 11.6 Å². The van der Waals surface area contributed by atoms with E-state index < -0.39 is 11.6 Å². The number of hydrogen-bond acceptors (Lipinski definition) is 2. The third-order valence-electron chi connectivity index (χ3n) is 1.99. The lowest BCUT2D eigenvalue weighted by Gasteiger charge is -2.07. The Morgan fingerprint density at radius 2 is 1.94 bits per heavy atom. The molecule has 1 heterocycles. The molecular formula is C11H6BrClF2N2. The fraction of sp³-hybridized carbons (Fsp3) is 0. The van der Waals surface area contributed by atoms with Gasteiger partial charge in [0, 0.05) is 22.4 Å². The maximum atomic E-state index is 13.0. The average molecular weight is 320 g/mol. The first-order chi connectivity index (χ1) is 8.06. The Kier molecular flexibility index (Phi) is 3.59. The number of rotatable bonds is 2. The average Bonchev–Trinajstić information content (AvgIpc) is 2.27. The molecule has 6 heteroatoms. The van der Waals surface area contributed by atoms with Crippen LogP contribution in [0.5, 0.6) is 0 Å². The SMILES string of the molecule is Fc1ccc(Nc2ncc(Br)cc2Cl)cc1F. The molecule has 0 fully saturated rings. The number of nitrogens with zero attached hydrogens (tertiary/aromatic N) is 1. The van der Waals surface area contributed by atoms with E-state index >= 15 is 0 Å². The minimum atomic E-state index is -0.928. The van der Waals surface area contributed by atoms with Crippen molar-refractivity contribution in [1.29, 1.82) is 0 Å². The molecule has 1 N–H and O–H groups in total. The lowest BCUT2D eigenvalue weighted by molar-refractivity contribution is 0.509. The van der Waals surface area contributed by atoms with Crippen LogP contribution in [0.4, 0.5) is 20.3 Å². The van der Waals surface area contributed by atoms with Crippen molar-refractivity contribution in [3.05, 3.63) is 51.6 Å². The number of aromatic nitrogens is 1. The Hall–Kier alpha value is -1.20. The summed E-state index contributed by atoms with van der Waals surface area (Å²) < 4.78 is 26.4. The summed E-state index contributed by atoms with van der Waals surface area (Å²) in [5, 5.41) is 3.18. The monoisotopic (exact) mass is 318 g/mol. The second kappa shape index (κ2) is 4.98. The van der Waals surface area contributed by atoms with Gasteiger partial charge in [-0.05, 0) is 34.1 Å². The fourth-order valence-electron chi connectivity index (χ4n) is 1.22. The number of hydrogen-bond donors (Lipinski definition) is 1. The van der Waals surface area contributed by atoms with Crippen LogP contribution in [-0.4, -0.2) is 4.98 Å². The topological polar surface area (TPSA) is 24.9 Å². The summed E-state index contributed by atoms with van der Waals surface area (Å²) in [7, 11) is 0. The first-order valence-electron chi connectivity index (χ1n) is 4.59. The van der Waals surface area contributed by atoms with E-state index in [0.29, 0.717) is 16.5 Å². The molecule has 0 bridgehead atoms. The van der Waals surface area contributed by atoms with E-state index in [9.17, 15) is 8.78 Å². The third-order valence-corrected chi connectivity index (χ3v) is 2.71. The van der Waals surface area contributed by atoms with Gasteiger partial charge < -0.3 is 5.32 Å². The van der Waals surface area contributed by atoms with E-state index in [1.54, 1.807) is 12.3 Å². The van der Waals surface area contributed by atoms with Crippen molar-refractivity contribution < 1.29 is 8.78 Å². The smallest absolute Gasteiger partial charge is 0.160 e. The second-order valence-electron chi connectivity index (χ2n) is 3.24. The molecule has 2 nitrogen and oxygen atoms in total. The molecular weight excluding hydrogens is 313 g/mol. The number of halogens is 4. The first kappa shape index (κ1) is 12.3. The summed E-state index contributed by atoms with van der Waals surface area (Å²) in [6.07, 6.45) is 1.55. The predicted octanol–water partition coefficient (Wildman–Crippen LogP) is 4.52. The van der Waals surface area contributed by atoms with Gasteiger partial charge in [-0.3, -0.25) is 0 Å². The van der Waals surface area contributed by atoms with Gasteiger partial charge in [0.1, 0.15) is 5.82 Å². The minimum absolute atomic E-state index is 0.376. The zero-order valence-corrected chi connectivity index (χ0v) is 10.7. The van der Waals surface area contributed by atoms with Gasteiger partial charge in [-0.2, -0.15) is 0 Å². The lowest BCUT2D eigenvalue weighted by atomic mass is 10.3. The normalized spacial score (nSPS) is 10.4. The molecule has 1 aromatic heterocycles. The van der Waals surface area contributed by atoms with E-state index in [-0.39, 0.29) is 0 Å². The molecule has 0 aliphatic heterocycles. The van der Waals surface area contributed by atoms with E-state index in [1.165, 1.54) is 6.07 Å². The van der Waals surface area contributed by atoms with Gasteiger partial charge in [0.25, 0.3) is 0 Å². The molecule has 0 aliphatic carbocycles. The first-order valence-corrected chi connectivity index (χ1v) is 5.76. The van der Waals surface area contributed by atoms with Gasteiger partial charge in [0.15, 0.2) is 11.6 Å². The van der Waals surface area contributed by atoms with Crippen molar-refractivity contribution in [3.63, 3.8) is 0 Å². The van der Waals surface area contributed by atoms with Crippen molar-refractivity contribution in [1.82, 2.24) is 4.98 Å². The zero-order valence-electron chi connectivity index (χ0n) is 8.35. The summed E-state index contributed by atoms with van der Waals surface area (Å²) in [4.78, 5) is 4.02. The van der Waals surface area contributed by atoms with Crippen LogP contribution in [0.2, 0.25) is 5.02 Å². The molecule has 17 heavy (non-hydrogen) atoms. The van der Waals surface area contributed by atoms with Gasteiger partial charge in [0.05, 0.1) is 5.02 Å². The van der Waals surface area contributed by atoms with Crippen molar-refractivity contribution in [2.45, 2.75) is 0 Å². The molecule has 0 atom stereocenters. The Morgan fingerprint density at radius 3 is 2.59 bits per heavy atom. The van der Waals surface area contributed by atoms with Crippen LogP contribution in [0.3, 0.4) is 0 Å². The number of nitrogens with one attached hydrogen (secondary N) is 1. The Morgan fingerprint density at radius 1 is 1.18 bits per heavy atom. The van der Waals surface area contributed by atoms with Crippen molar-refractivity contribution in [2.24, 2.45) is 0 Å². The molecule has 0 radical (unpaired) electrons. The predicted molar refractivity (Wildman–Crippen MR) is 66.6 cm³/mol. The molecule has 0 aliphatic rings. The molecule has 0 spiro atoms. The molecule has 0 saturated heterocycles. The lowest BCUT2D eigenvalue weighted by Crippen LogP contribution is -1.95. The van der Waals surface area contributed by atoms with Gasteiger partial charge in [-0.25, -0.2) is 13.8 Å². The highest BCUT2D eigenvalue weighted by Gasteiger charge is 2.06.